The normalized spacial score (nSPS) is 16.5. The molecular formula is C22H23N3O3. The second-order valence-corrected chi connectivity index (χ2v) is 7.07. The summed E-state index contributed by atoms with van der Waals surface area (Å²) in [6.45, 7) is 1.03. The van der Waals surface area contributed by atoms with Gasteiger partial charge in [0.25, 0.3) is 0 Å². The van der Waals surface area contributed by atoms with Crippen LogP contribution in [0.25, 0.3) is 10.9 Å². The van der Waals surface area contributed by atoms with Crippen molar-refractivity contribution < 1.29 is 14.3 Å². The van der Waals surface area contributed by atoms with Crippen molar-refractivity contribution in [1.82, 2.24) is 9.88 Å². The van der Waals surface area contributed by atoms with Crippen molar-refractivity contribution in [3.8, 4) is 5.75 Å². The third-order valence-corrected chi connectivity index (χ3v) is 5.25. The van der Waals surface area contributed by atoms with Gasteiger partial charge in [-0.25, -0.2) is 0 Å². The summed E-state index contributed by atoms with van der Waals surface area (Å²) < 4.78 is 5.37. The molecule has 1 aliphatic heterocycles. The number of rotatable bonds is 6. The maximum absolute atomic E-state index is 12.6. The van der Waals surface area contributed by atoms with Crippen LogP contribution in [0.5, 0.6) is 5.75 Å². The summed E-state index contributed by atoms with van der Waals surface area (Å²) in [6, 6.07) is 15.5. The monoisotopic (exact) mass is 377 g/mol. The van der Waals surface area contributed by atoms with Gasteiger partial charge in [-0.1, -0.05) is 24.3 Å². The molecule has 0 aliphatic carbocycles. The number of aromatic nitrogens is 1. The minimum atomic E-state index is -0.329. The third-order valence-electron chi connectivity index (χ3n) is 5.25. The zero-order valence-electron chi connectivity index (χ0n) is 15.8. The molecule has 2 N–H and O–H groups in total. The van der Waals surface area contributed by atoms with Crippen LogP contribution in [-0.4, -0.2) is 41.9 Å². The van der Waals surface area contributed by atoms with Gasteiger partial charge in [-0.15, -0.1) is 0 Å². The van der Waals surface area contributed by atoms with Crippen molar-refractivity contribution in [2.75, 3.05) is 25.5 Å². The Morgan fingerprint density at radius 2 is 2.11 bits per heavy atom. The molecule has 0 saturated carbocycles. The quantitative estimate of drug-likeness (QED) is 0.693. The Morgan fingerprint density at radius 3 is 2.96 bits per heavy atom. The van der Waals surface area contributed by atoms with Crippen molar-refractivity contribution in [2.24, 2.45) is 5.92 Å². The molecule has 1 saturated heterocycles. The number of carbonyl (C=O) groups excluding carboxylic acids is 2. The van der Waals surface area contributed by atoms with Crippen LogP contribution in [0.3, 0.4) is 0 Å². The first-order chi connectivity index (χ1) is 13.6. The topological polar surface area (TPSA) is 74.4 Å². The first-order valence-corrected chi connectivity index (χ1v) is 9.42. The number of ether oxygens (including phenoxy) is 1. The molecule has 4 rings (SSSR count). The molecule has 2 amide bonds. The number of hydrogen-bond donors (Lipinski definition) is 2. The van der Waals surface area contributed by atoms with Crippen LogP contribution < -0.4 is 10.1 Å². The summed E-state index contributed by atoms with van der Waals surface area (Å²) in [5, 5.41) is 4.04. The zero-order chi connectivity index (χ0) is 19.5. The van der Waals surface area contributed by atoms with Crippen molar-refractivity contribution in [3.63, 3.8) is 0 Å². The van der Waals surface area contributed by atoms with E-state index >= 15 is 0 Å². The van der Waals surface area contributed by atoms with Gasteiger partial charge >= 0.3 is 0 Å². The molecule has 1 aromatic heterocycles. The highest BCUT2D eigenvalue weighted by atomic mass is 16.5. The van der Waals surface area contributed by atoms with Crippen LogP contribution in [0.2, 0.25) is 0 Å². The largest absolute Gasteiger partial charge is 0.496 e. The van der Waals surface area contributed by atoms with Crippen LogP contribution in [0.1, 0.15) is 12.0 Å². The van der Waals surface area contributed by atoms with Crippen molar-refractivity contribution in [3.05, 3.63) is 60.3 Å². The maximum atomic E-state index is 12.6. The number of nitrogens with zero attached hydrogens (tertiary/aromatic N) is 1. The van der Waals surface area contributed by atoms with E-state index in [9.17, 15) is 9.59 Å². The summed E-state index contributed by atoms with van der Waals surface area (Å²) in [6.07, 6.45) is 2.82. The number of likely N-dealkylation sites (tertiary alicyclic amines) is 1. The van der Waals surface area contributed by atoms with Crippen molar-refractivity contribution in [2.45, 2.75) is 12.8 Å². The Balaban J connectivity index is 1.36. The lowest BCUT2D eigenvalue weighted by Crippen LogP contribution is -2.30. The first-order valence-electron chi connectivity index (χ1n) is 9.42. The second kappa shape index (κ2) is 7.76. The Morgan fingerprint density at radius 1 is 1.25 bits per heavy atom. The fourth-order valence-corrected chi connectivity index (χ4v) is 3.70. The van der Waals surface area contributed by atoms with Crippen LogP contribution in [0, 0.1) is 5.92 Å². The summed E-state index contributed by atoms with van der Waals surface area (Å²) in [5.41, 5.74) is 2.77. The molecule has 28 heavy (non-hydrogen) atoms. The number of aromatic amines is 1. The van der Waals surface area contributed by atoms with E-state index in [0.29, 0.717) is 19.5 Å². The van der Waals surface area contributed by atoms with Gasteiger partial charge in [-0.05, 0) is 41.6 Å². The Kier molecular flexibility index (Phi) is 5.02. The van der Waals surface area contributed by atoms with Crippen LogP contribution in [-0.2, 0) is 16.0 Å². The van der Waals surface area contributed by atoms with Gasteiger partial charge in [0, 0.05) is 36.9 Å². The van der Waals surface area contributed by atoms with Gasteiger partial charge in [0.15, 0.2) is 0 Å². The standard InChI is InChI=1S/C22H23N3O3/c1-28-20-5-3-2-4-16(20)9-11-25-14-17(12-21(25)26)22(27)24-18-7-6-15-8-10-23-19(15)13-18/h2-8,10,13,17,23H,9,11-12,14H2,1H3,(H,24,27). The Bertz CT molecular complexity index is 1010. The van der Waals surface area contributed by atoms with Gasteiger partial charge in [0.1, 0.15) is 5.75 Å². The highest BCUT2D eigenvalue weighted by Crippen LogP contribution is 2.24. The van der Waals surface area contributed by atoms with Crippen LogP contribution in [0.4, 0.5) is 5.69 Å². The van der Waals surface area contributed by atoms with E-state index in [1.807, 2.05) is 54.7 Å². The zero-order valence-corrected chi connectivity index (χ0v) is 15.8. The van der Waals surface area contributed by atoms with E-state index in [1.54, 1.807) is 12.0 Å². The van der Waals surface area contributed by atoms with E-state index in [2.05, 4.69) is 10.3 Å². The number of nitrogens with one attached hydrogen (secondary N) is 2. The van der Waals surface area contributed by atoms with E-state index < -0.39 is 0 Å². The molecule has 6 heteroatoms. The molecule has 2 heterocycles. The molecule has 0 spiro atoms. The second-order valence-electron chi connectivity index (χ2n) is 7.07. The lowest BCUT2D eigenvalue weighted by atomic mass is 10.1. The summed E-state index contributed by atoms with van der Waals surface area (Å²) >= 11 is 0. The third kappa shape index (κ3) is 3.71. The maximum Gasteiger partial charge on any atom is 0.229 e. The minimum absolute atomic E-state index is 0.0230. The molecule has 2 aromatic carbocycles. The number of amides is 2. The molecule has 3 aromatic rings. The predicted molar refractivity (Wildman–Crippen MR) is 108 cm³/mol. The smallest absolute Gasteiger partial charge is 0.229 e. The number of para-hydroxylation sites is 1. The van der Waals surface area contributed by atoms with E-state index in [4.69, 9.17) is 4.74 Å². The Labute approximate surface area is 163 Å². The number of carbonyl (C=O) groups is 2. The van der Waals surface area contributed by atoms with Crippen LogP contribution in [0.15, 0.2) is 54.7 Å². The van der Waals surface area contributed by atoms with Gasteiger partial charge in [-0.2, -0.15) is 0 Å². The molecule has 144 valence electrons. The molecule has 1 fully saturated rings. The molecule has 1 aliphatic rings. The molecular weight excluding hydrogens is 354 g/mol. The molecule has 0 radical (unpaired) electrons. The summed E-state index contributed by atoms with van der Waals surface area (Å²) in [4.78, 5) is 29.9. The van der Waals surface area contributed by atoms with Crippen molar-refractivity contribution in [1.29, 1.82) is 0 Å². The number of anilines is 1. The summed E-state index contributed by atoms with van der Waals surface area (Å²) in [7, 11) is 1.64. The number of methoxy groups -OCH3 is 1. The number of benzene rings is 2. The SMILES string of the molecule is COc1ccccc1CCN1CC(C(=O)Nc2ccc3cc[nH]c3c2)CC1=O. The number of fused-ring (bicyclic) bond motifs is 1. The van der Waals surface area contributed by atoms with Gasteiger partial charge in [0.2, 0.25) is 11.8 Å². The summed E-state index contributed by atoms with van der Waals surface area (Å²) in [5.74, 6) is 0.404. The van der Waals surface area contributed by atoms with Gasteiger partial charge < -0.3 is 19.9 Å². The lowest BCUT2D eigenvalue weighted by molar-refractivity contribution is -0.128. The fourth-order valence-electron chi connectivity index (χ4n) is 3.70. The fraction of sp³-hybridized carbons (Fsp3) is 0.273. The van der Waals surface area contributed by atoms with Crippen molar-refractivity contribution >= 4 is 28.4 Å². The lowest BCUT2D eigenvalue weighted by Gasteiger charge is -2.17. The molecule has 6 nitrogen and oxygen atoms in total. The highest BCUT2D eigenvalue weighted by molar-refractivity contribution is 5.98. The average Bonchev–Trinajstić information content (AvgIpc) is 3.32. The predicted octanol–water partition coefficient (Wildman–Crippen LogP) is 3.21. The van der Waals surface area contributed by atoms with Gasteiger partial charge in [-0.3, -0.25) is 9.59 Å². The van der Waals surface area contributed by atoms with E-state index in [-0.39, 0.29) is 24.2 Å². The molecule has 0 bridgehead atoms. The molecule has 1 unspecified atom stereocenters. The Hall–Kier alpha value is -3.28. The first kappa shape index (κ1) is 18.1. The van der Waals surface area contributed by atoms with E-state index in [1.165, 1.54) is 0 Å². The molecule has 1 atom stereocenters. The minimum Gasteiger partial charge on any atom is -0.496 e. The van der Waals surface area contributed by atoms with Crippen LogP contribution >= 0.6 is 0 Å². The van der Waals surface area contributed by atoms with Gasteiger partial charge in [0.05, 0.1) is 13.0 Å². The number of H-pyrrole nitrogens is 1. The number of hydrogen-bond acceptors (Lipinski definition) is 3. The average molecular weight is 377 g/mol. The van der Waals surface area contributed by atoms with E-state index in [0.717, 1.165) is 27.9 Å². The highest BCUT2D eigenvalue weighted by Gasteiger charge is 2.34.